The summed E-state index contributed by atoms with van der Waals surface area (Å²) < 4.78 is 5.33. The largest absolute Gasteiger partial charge is 0.496 e. The molecule has 0 heterocycles. The van der Waals surface area contributed by atoms with Gasteiger partial charge in [-0.1, -0.05) is 31.3 Å². The molecule has 0 fully saturated rings. The Hall–Kier alpha value is -1.75. The molecule has 0 aliphatic rings. The number of nitrogens with two attached hydrogens (primary N) is 1. The summed E-state index contributed by atoms with van der Waals surface area (Å²) in [5, 5.41) is 15.1. The van der Waals surface area contributed by atoms with Crippen LogP contribution in [0.2, 0.25) is 0 Å². The van der Waals surface area contributed by atoms with Crippen molar-refractivity contribution >= 4 is 5.84 Å². The van der Waals surface area contributed by atoms with E-state index in [0.717, 1.165) is 17.9 Å². The quantitative estimate of drug-likeness (QED) is 0.213. The molecule has 0 aromatic heterocycles. The Kier molecular flexibility index (Phi) is 7.50. The molecule has 0 aliphatic heterocycles. The van der Waals surface area contributed by atoms with Gasteiger partial charge in [0.25, 0.3) is 0 Å². The second-order valence-electron chi connectivity index (χ2n) is 4.75. The summed E-state index contributed by atoms with van der Waals surface area (Å²) in [5.74, 6) is 0.914. The van der Waals surface area contributed by atoms with Crippen molar-refractivity contribution in [3.63, 3.8) is 0 Å². The Bertz CT molecular complexity index is 433. The van der Waals surface area contributed by atoms with E-state index in [0.29, 0.717) is 12.1 Å². The van der Waals surface area contributed by atoms with E-state index in [4.69, 9.17) is 15.7 Å². The SMILES string of the molecule is CCCCCCNCc1cc(/C(N)=N/O)ccc1OC. The molecular formula is C15H25N3O2. The highest BCUT2D eigenvalue weighted by Gasteiger charge is 2.06. The number of nitrogens with one attached hydrogen (secondary N) is 1. The molecule has 0 amide bonds. The highest BCUT2D eigenvalue weighted by molar-refractivity contribution is 5.97. The molecule has 20 heavy (non-hydrogen) atoms. The van der Waals surface area contributed by atoms with Crippen LogP contribution in [0.25, 0.3) is 0 Å². The number of benzene rings is 1. The average molecular weight is 279 g/mol. The maximum absolute atomic E-state index is 8.72. The number of methoxy groups -OCH3 is 1. The molecule has 1 aromatic carbocycles. The fraction of sp³-hybridized carbons (Fsp3) is 0.533. The standard InChI is InChI=1S/C15H25N3O2/c1-3-4-5-6-9-17-11-13-10-12(15(16)18-19)7-8-14(13)20-2/h7-8,10,17,19H,3-6,9,11H2,1-2H3,(H2,16,18). The first kappa shape index (κ1) is 16.3. The van der Waals surface area contributed by atoms with Crippen LogP contribution in [0, 0.1) is 0 Å². The highest BCUT2D eigenvalue weighted by Crippen LogP contribution is 2.19. The smallest absolute Gasteiger partial charge is 0.170 e. The molecule has 5 heteroatoms. The van der Waals surface area contributed by atoms with Gasteiger partial charge in [-0.2, -0.15) is 0 Å². The second kappa shape index (κ2) is 9.20. The van der Waals surface area contributed by atoms with E-state index in [1.807, 2.05) is 12.1 Å². The Labute approximate surface area is 120 Å². The third-order valence-electron chi connectivity index (χ3n) is 3.21. The van der Waals surface area contributed by atoms with Crippen molar-refractivity contribution in [2.45, 2.75) is 39.2 Å². The molecule has 0 atom stereocenters. The lowest BCUT2D eigenvalue weighted by Gasteiger charge is -2.11. The number of oxime groups is 1. The van der Waals surface area contributed by atoms with E-state index in [1.54, 1.807) is 13.2 Å². The lowest BCUT2D eigenvalue weighted by Crippen LogP contribution is -2.17. The van der Waals surface area contributed by atoms with Crippen LogP contribution < -0.4 is 15.8 Å². The van der Waals surface area contributed by atoms with E-state index in [1.165, 1.54) is 25.7 Å². The van der Waals surface area contributed by atoms with Gasteiger partial charge >= 0.3 is 0 Å². The molecule has 0 saturated carbocycles. The minimum absolute atomic E-state index is 0.108. The number of nitrogens with zero attached hydrogens (tertiary/aromatic N) is 1. The molecule has 0 aliphatic carbocycles. The van der Waals surface area contributed by atoms with Crippen molar-refractivity contribution < 1.29 is 9.94 Å². The molecular weight excluding hydrogens is 254 g/mol. The van der Waals surface area contributed by atoms with Gasteiger partial charge in [0.2, 0.25) is 0 Å². The number of amidine groups is 1. The van der Waals surface area contributed by atoms with Crippen molar-refractivity contribution in [2.75, 3.05) is 13.7 Å². The predicted molar refractivity (Wildman–Crippen MR) is 81.4 cm³/mol. The Morgan fingerprint density at radius 2 is 2.15 bits per heavy atom. The minimum Gasteiger partial charge on any atom is -0.496 e. The van der Waals surface area contributed by atoms with Crippen LogP contribution in [0.15, 0.2) is 23.4 Å². The third-order valence-corrected chi connectivity index (χ3v) is 3.21. The van der Waals surface area contributed by atoms with Gasteiger partial charge in [0.05, 0.1) is 7.11 Å². The van der Waals surface area contributed by atoms with Crippen LogP contribution in [-0.4, -0.2) is 24.7 Å². The lowest BCUT2D eigenvalue weighted by molar-refractivity contribution is 0.318. The number of unbranched alkanes of at least 4 members (excludes halogenated alkanes) is 3. The summed E-state index contributed by atoms with van der Waals surface area (Å²) in [5.41, 5.74) is 7.30. The number of hydrogen-bond donors (Lipinski definition) is 3. The highest BCUT2D eigenvalue weighted by atomic mass is 16.5. The summed E-state index contributed by atoms with van der Waals surface area (Å²) in [6, 6.07) is 5.49. The fourth-order valence-corrected chi connectivity index (χ4v) is 2.03. The van der Waals surface area contributed by atoms with Gasteiger partial charge in [-0.05, 0) is 31.2 Å². The second-order valence-corrected chi connectivity index (χ2v) is 4.75. The van der Waals surface area contributed by atoms with Crippen LogP contribution in [0.1, 0.15) is 43.7 Å². The average Bonchev–Trinajstić information content (AvgIpc) is 2.49. The molecule has 0 saturated heterocycles. The van der Waals surface area contributed by atoms with Crippen molar-refractivity contribution in [1.82, 2.24) is 5.32 Å². The summed E-state index contributed by atoms with van der Waals surface area (Å²) in [6.07, 6.45) is 4.96. The zero-order valence-corrected chi connectivity index (χ0v) is 12.4. The Morgan fingerprint density at radius 1 is 1.35 bits per heavy atom. The summed E-state index contributed by atoms with van der Waals surface area (Å²) in [7, 11) is 1.64. The van der Waals surface area contributed by atoms with Crippen LogP contribution in [0.4, 0.5) is 0 Å². The Balaban J connectivity index is 2.58. The van der Waals surface area contributed by atoms with Gasteiger partial charge in [-0.25, -0.2) is 0 Å². The topological polar surface area (TPSA) is 79.9 Å². The van der Waals surface area contributed by atoms with Gasteiger partial charge in [0.15, 0.2) is 5.84 Å². The lowest BCUT2D eigenvalue weighted by atomic mass is 10.1. The maximum atomic E-state index is 8.72. The monoisotopic (exact) mass is 279 g/mol. The number of rotatable bonds is 9. The molecule has 5 nitrogen and oxygen atoms in total. The summed E-state index contributed by atoms with van der Waals surface area (Å²) in [6.45, 7) is 3.90. The normalized spacial score (nSPS) is 11.6. The summed E-state index contributed by atoms with van der Waals surface area (Å²) >= 11 is 0. The summed E-state index contributed by atoms with van der Waals surface area (Å²) in [4.78, 5) is 0. The van der Waals surface area contributed by atoms with E-state index >= 15 is 0 Å². The molecule has 112 valence electrons. The molecule has 1 rings (SSSR count). The van der Waals surface area contributed by atoms with Crippen molar-refractivity contribution in [3.8, 4) is 5.75 Å². The maximum Gasteiger partial charge on any atom is 0.170 e. The van der Waals surface area contributed by atoms with Gasteiger partial charge in [0, 0.05) is 17.7 Å². The van der Waals surface area contributed by atoms with Gasteiger partial charge in [-0.15, -0.1) is 0 Å². The van der Waals surface area contributed by atoms with Crippen molar-refractivity contribution in [1.29, 1.82) is 0 Å². The van der Waals surface area contributed by atoms with E-state index in [9.17, 15) is 0 Å². The molecule has 0 spiro atoms. The first-order valence-corrected chi connectivity index (χ1v) is 7.08. The van der Waals surface area contributed by atoms with Crippen LogP contribution >= 0.6 is 0 Å². The third kappa shape index (κ3) is 5.09. The van der Waals surface area contributed by atoms with E-state index in [-0.39, 0.29) is 5.84 Å². The fourth-order valence-electron chi connectivity index (χ4n) is 2.03. The van der Waals surface area contributed by atoms with Gasteiger partial charge in [0.1, 0.15) is 5.75 Å². The molecule has 0 radical (unpaired) electrons. The van der Waals surface area contributed by atoms with Crippen LogP contribution in [0.5, 0.6) is 5.75 Å². The molecule has 0 unspecified atom stereocenters. The number of hydrogen-bond acceptors (Lipinski definition) is 4. The zero-order chi connectivity index (χ0) is 14.8. The Morgan fingerprint density at radius 3 is 2.80 bits per heavy atom. The van der Waals surface area contributed by atoms with Crippen LogP contribution in [0.3, 0.4) is 0 Å². The van der Waals surface area contributed by atoms with Gasteiger partial charge in [-0.3, -0.25) is 0 Å². The molecule has 1 aromatic rings. The molecule has 4 N–H and O–H groups in total. The first-order chi connectivity index (χ1) is 9.72. The van der Waals surface area contributed by atoms with E-state index in [2.05, 4.69) is 17.4 Å². The zero-order valence-electron chi connectivity index (χ0n) is 12.4. The predicted octanol–water partition coefficient (Wildman–Crippen LogP) is 2.46. The van der Waals surface area contributed by atoms with Crippen molar-refractivity contribution in [3.05, 3.63) is 29.3 Å². The van der Waals surface area contributed by atoms with Crippen LogP contribution in [-0.2, 0) is 6.54 Å². The van der Waals surface area contributed by atoms with Crippen molar-refractivity contribution in [2.24, 2.45) is 10.9 Å². The van der Waals surface area contributed by atoms with E-state index < -0.39 is 0 Å². The first-order valence-electron chi connectivity index (χ1n) is 7.08. The minimum atomic E-state index is 0.108. The molecule has 0 bridgehead atoms. The number of ether oxygens (including phenoxy) is 1. The van der Waals surface area contributed by atoms with Gasteiger partial charge < -0.3 is 21.0 Å².